The zero-order valence-corrected chi connectivity index (χ0v) is 12.5. The van der Waals surface area contributed by atoms with Crippen LogP contribution in [0, 0.1) is 17.3 Å². The molecular formula is C19H22O2. The molecule has 0 aromatic heterocycles. The summed E-state index contributed by atoms with van der Waals surface area (Å²) in [5.74, 6) is 2.93. The van der Waals surface area contributed by atoms with E-state index < -0.39 is 0 Å². The average molecular weight is 282 g/mol. The van der Waals surface area contributed by atoms with E-state index in [1.54, 1.807) is 7.11 Å². The molecule has 0 radical (unpaired) electrons. The maximum atomic E-state index is 5.74. The monoisotopic (exact) mass is 282 g/mol. The molecule has 0 spiro atoms. The fourth-order valence-corrected chi connectivity index (χ4v) is 3.45. The first-order valence-corrected chi connectivity index (χ1v) is 7.56. The Kier molecular flexibility index (Phi) is 3.87. The SMILES string of the molecule is C=C[C@@H]1C[C@H]2C=C[C@@]1(/C=C/Oc1ccc(OC)cc1)CC2. The van der Waals surface area contributed by atoms with Crippen LogP contribution in [0.4, 0.5) is 0 Å². The van der Waals surface area contributed by atoms with Crippen molar-refractivity contribution in [3.05, 3.63) is 61.4 Å². The standard InChI is InChI=1S/C19H22O2/c1-3-16-14-15-8-10-19(16,11-9-15)12-13-21-18-6-4-17(20-2)5-7-18/h3-8,10,12-13,15-16H,1,9,11,14H2,2H3/b13-12+/t15-,16+,19-/m0/s1. The lowest BCUT2D eigenvalue weighted by atomic mass is 9.59. The number of rotatable bonds is 5. The van der Waals surface area contributed by atoms with Gasteiger partial charge in [0.1, 0.15) is 11.5 Å². The summed E-state index contributed by atoms with van der Waals surface area (Å²) in [5, 5.41) is 0. The minimum atomic E-state index is 0.100. The summed E-state index contributed by atoms with van der Waals surface area (Å²) < 4.78 is 10.9. The second-order valence-electron chi connectivity index (χ2n) is 5.94. The molecule has 1 saturated carbocycles. The van der Waals surface area contributed by atoms with E-state index in [-0.39, 0.29) is 5.41 Å². The highest BCUT2D eigenvalue weighted by Crippen LogP contribution is 2.51. The van der Waals surface area contributed by atoms with Crippen LogP contribution < -0.4 is 9.47 Å². The number of benzene rings is 1. The summed E-state index contributed by atoms with van der Waals surface area (Å²) in [4.78, 5) is 0. The molecule has 0 aliphatic heterocycles. The van der Waals surface area contributed by atoms with Crippen molar-refractivity contribution in [3.8, 4) is 11.5 Å². The third-order valence-electron chi connectivity index (χ3n) is 4.80. The largest absolute Gasteiger partial charge is 0.497 e. The molecule has 1 aromatic carbocycles. The Balaban J connectivity index is 1.70. The molecule has 0 unspecified atom stereocenters. The molecule has 3 aliphatic rings. The van der Waals surface area contributed by atoms with E-state index in [9.17, 15) is 0 Å². The molecule has 3 atom stereocenters. The Bertz CT molecular complexity index is 555. The summed E-state index contributed by atoms with van der Waals surface area (Å²) in [5.41, 5.74) is 0.100. The lowest BCUT2D eigenvalue weighted by Crippen LogP contribution is -2.36. The predicted molar refractivity (Wildman–Crippen MR) is 85.4 cm³/mol. The van der Waals surface area contributed by atoms with Gasteiger partial charge in [0.15, 0.2) is 0 Å². The van der Waals surface area contributed by atoms with Crippen LogP contribution in [-0.4, -0.2) is 7.11 Å². The third kappa shape index (κ3) is 2.76. The Morgan fingerprint density at radius 2 is 2.00 bits per heavy atom. The van der Waals surface area contributed by atoms with Gasteiger partial charge in [-0.2, -0.15) is 0 Å². The van der Waals surface area contributed by atoms with E-state index >= 15 is 0 Å². The van der Waals surface area contributed by atoms with Gasteiger partial charge in [-0.1, -0.05) is 18.2 Å². The molecule has 3 aliphatic carbocycles. The van der Waals surface area contributed by atoms with Crippen LogP contribution in [0.15, 0.2) is 61.4 Å². The number of methoxy groups -OCH3 is 1. The van der Waals surface area contributed by atoms with E-state index in [4.69, 9.17) is 9.47 Å². The van der Waals surface area contributed by atoms with Gasteiger partial charge >= 0.3 is 0 Å². The molecule has 21 heavy (non-hydrogen) atoms. The van der Waals surface area contributed by atoms with Gasteiger partial charge in [-0.3, -0.25) is 0 Å². The number of ether oxygens (including phenoxy) is 2. The molecule has 110 valence electrons. The van der Waals surface area contributed by atoms with Gasteiger partial charge in [-0.25, -0.2) is 0 Å². The van der Waals surface area contributed by atoms with Crippen LogP contribution in [0.3, 0.4) is 0 Å². The fraction of sp³-hybridized carbons (Fsp3) is 0.368. The van der Waals surface area contributed by atoms with Crippen LogP contribution in [0.5, 0.6) is 11.5 Å². The van der Waals surface area contributed by atoms with E-state index in [0.29, 0.717) is 5.92 Å². The zero-order valence-electron chi connectivity index (χ0n) is 12.5. The second-order valence-corrected chi connectivity index (χ2v) is 5.94. The first kappa shape index (κ1) is 14.0. The van der Waals surface area contributed by atoms with Crippen LogP contribution in [-0.2, 0) is 0 Å². The van der Waals surface area contributed by atoms with Gasteiger partial charge in [0.05, 0.1) is 13.4 Å². The Hall–Kier alpha value is -1.96. The summed E-state index contributed by atoms with van der Waals surface area (Å²) >= 11 is 0. The highest BCUT2D eigenvalue weighted by Gasteiger charge is 2.41. The van der Waals surface area contributed by atoms with Crippen molar-refractivity contribution in [2.24, 2.45) is 17.3 Å². The number of hydrogen-bond acceptors (Lipinski definition) is 2. The zero-order chi connectivity index (χ0) is 14.7. The van der Waals surface area contributed by atoms with Gasteiger partial charge in [0.25, 0.3) is 0 Å². The van der Waals surface area contributed by atoms with Crippen LogP contribution in [0.2, 0.25) is 0 Å². The lowest BCUT2D eigenvalue weighted by Gasteiger charge is -2.45. The first-order valence-electron chi connectivity index (χ1n) is 7.56. The fourth-order valence-electron chi connectivity index (χ4n) is 3.45. The molecule has 0 N–H and O–H groups in total. The molecule has 0 heterocycles. The number of allylic oxidation sites excluding steroid dienone is 4. The normalized spacial score (nSPS) is 30.5. The predicted octanol–water partition coefficient (Wildman–Crippen LogP) is 4.75. The highest BCUT2D eigenvalue weighted by molar-refractivity contribution is 5.32. The smallest absolute Gasteiger partial charge is 0.126 e. The van der Waals surface area contributed by atoms with Crippen LogP contribution in [0.1, 0.15) is 19.3 Å². The Labute approximate surface area is 126 Å². The highest BCUT2D eigenvalue weighted by atomic mass is 16.5. The molecule has 2 nitrogen and oxygen atoms in total. The Morgan fingerprint density at radius 3 is 2.62 bits per heavy atom. The average Bonchev–Trinajstić information content (AvgIpc) is 2.56. The first-order chi connectivity index (χ1) is 10.3. The van der Waals surface area contributed by atoms with Gasteiger partial charge in [-0.05, 0) is 61.4 Å². The van der Waals surface area contributed by atoms with Crippen LogP contribution >= 0.6 is 0 Å². The molecule has 0 saturated heterocycles. The maximum Gasteiger partial charge on any atom is 0.126 e. The van der Waals surface area contributed by atoms with Crippen LogP contribution in [0.25, 0.3) is 0 Å². The Morgan fingerprint density at radius 1 is 1.24 bits per heavy atom. The van der Waals surface area contributed by atoms with Gasteiger partial charge < -0.3 is 9.47 Å². The van der Waals surface area contributed by atoms with Gasteiger partial charge in [0.2, 0.25) is 0 Å². The molecule has 1 fully saturated rings. The summed E-state index contributed by atoms with van der Waals surface area (Å²) in [6, 6.07) is 7.64. The number of hydrogen-bond donors (Lipinski definition) is 0. The molecule has 1 aromatic rings. The third-order valence-corrected chi connectivity index (χ3v) is 4.80. The van der Waals surface area contributed by atoms with E-state index in [0.717, 1.165) is 17.4 Å². The van der Waals surface area contributed by atoms with E-state index in [2.05, 4.69) is 30.9 Å². The van der Waals surface area contributed by atoms with Crippen molar-refractivity contribution in [1.29, 1.82) is 0 Å². The summed E-state index contributed by atoms with van der Waals surface area (Å²) in [6.45, 7) is 4.01. The van der Waals surface area contributed by atoms with E-state index in [1.807, 2.05) is 30.5 Å². The molecule has 2 bridgehead atoms. The quantitative estimate of drug-likeness (QED) is 0.573. The van der Waals surface area contributed by atoms with Crippen molar-refractivity contribution in [2.75, 3.05) is 7.11 Å². The topological polar surface area (TPSA) is 18.5 Å². The molecule has 0 amide bonds. The molecular weight excluding hydrogens is 260 g/mol. The van der Waals surface area contributed by atoms with Crippen molar-refractivity contribution < 1.29 is 9.47 Å². The molecule has 2 heteroatoms. The number of fused-ring (bicyclic) bond motifs is 2. The second kappa shape index (κ2) is 5.80. The molecule has 4 rings (SSSR count). The lowest BCUT2D eigenvalue weighted by molar-refractivity contribution is 0.189. The van der Waals surface area contributed by atoms with Crippen molar-refractivity contribution in [2.45, 2.75) is 19.3 Å². The summed E-state index contributed by atoms with van der Waals surface area (Å²) in [6.07, 6.45) is 14.5. The maximum absolute atomic E-state index is 5.74. The van der Waals surface area contributed by atoms with E-state index in [1.165, 1.54) is 19.3 Å². The van der Waals surface area contributed by atoms with Crippen molar-refractivity contribution in [1.82, 2.24) is 0 Å². The van der Waals surface area contributed by atoms with Gasteiger partial charge in [0, 0.05) is 5.41 Å². The minimum absolute atomic E-state index is 0.100. The van der Waals surface area contributed by atoms with Gasteiger partial charge in [-0.15, -0.1) is 6.58 Å². The van der Waals surface area contributed by atoms with Crippen molar-refractivity contribution >= 4 is 0 Å². The minimum Gasteiger partial charge on any atom is -0.497 e. The van der Waals surface area contributed by atoms with Crippen molar-refractivity contribution in [3.63, 3.8) is 0 Å². The summed E-state index contributed by atoms with van der Waals surface area (Å²) in [7, 11) is 1.66.